The number of nitrogens with zero attached hydrogens (tertiary/aromatic N) is 1. The number of ether oxygens (including phenoxy) is 1. The standard InChI is InChI=1S/C31H39N3O5/c1-5-38-28(36)17-18-34(4)31(37)23-11-13-24(14-12-23)33-29(22-9-7-6-8-10-22)30-20(2)26-19-25(32-21(3)35)15-16-27(26)39-30/h11-16,19,22,29,33H,5-10,17-18H2,1-4H3,(H,32,35). The van der Waals surface area contributed by atoms with Gasteiger partial charge in [-0.15, -0.1) is 0 Å². The molecule has 1 aliphatic rings. The third kappa shape index (κ3) is 6.99. The van der Waals surface area contributed by atoms with Gasteiger partial charge in [-0.3, -0.25) is 14.4 Å². The lowest BCUT2D eigenvalue weighted by Gasteiger charge is -2.31. The summed E-state index contributed by atoms with van der Waals surface area (Å²) in [5.41, 5.74) is 4.09. The molecular formula is C31H39N3O5. The first kappa shape index (κ1) is 28.2. The zero-order valence-electron chi connectivity index (χ0n) is 23.3. The van der Waals surface area contributed by atoms with E-state index in [-0.39, 0.29) is 30.2 Å². The summed E-state index contributed by atoms with van der Waals surface area (Å²) in [6, 6.07) is 13.2. The van der Waals surface area contributed by atoms with Gasteiger partial charge in [0.2, 0.25) is 5.91 Å². The number of benzene rings is 2. The van der Waals surface area contributed by atoms with Crippen LogP contribution in [0.25, 0.3) is 11.0 Å². The van der Waals surface area contributed by atoms with Crippen LogP contribution in [0.5, 0.6) is 0 Å². The van der Waals surface area contributed by atoms with Crippen LogP contribution in [0.1, 0.15) is 80.1 Å². The molecule has 1 unspecified atom stereocenters. The minimum absolute atomic E-state index is 0.0179. The molecule has 2 N–H and O–H groups in total. The van der Waals surface area contributed by atoms with Gasteiger partial charge in [0.1, 0.15) is 11.3 Å². The monoisotopic (exact) mass is 533 g/mol. The first-order valence-electron chi connectivity index (χ1n) is 13.8. The van der Waals surface area contributed by atoms with Crippen molar-refractivity contribution >= 4 is 40.1 Å². The van der Waals surface area contributed by atoms with E-state index in [1.165, 1.54) is 31.1 Å². The van der Waals surface area contributed by atoms with Crippen LogP contribution >= 0.6 is 0 Å². The van der Waals surface area contributed by atoms with Crippen molar-refractivity contribution in [1.29, 1.82) is 0 Å². The number of nitrogens with one attached hydrogen (secondary N) is 2. The van der Waals surface area contributed by atoms with E-state index in [2.05, 4.69) is 17.6 Å². The van der Waals surface area contributed by atoms with E-state index < -0.39 is 0 Å². The molecule has 8 heteroatoms. The lowest BCUT2D eigenvalue weighted by molar-refractivity contribution is -0.143. The predicted octanol–water partition coefficient (Wildman–Crippen LogP) is 6.46. The van der Waals surface area contributed by atoms with Crippen LogP contribution in [0.2, 0.25) is 0 Å². The van der Waals surface area contributed by atoms with Gasteiger partial charge in [-0.2, -0.15) is 0 Å². The Morgan fingerprint density at radius 3 is 2.41 bits per heavy atom. The number of rotatable bonds is 10. The maximum atomic E-state index is 12.9. The number of carbonyl (C=O) groups is 3. The normalized spacial score (nSPS) is 14.6. The van der Waals surface area contributed by atoms with Crippen LogP contribution in [-0.2, 0) is 14.3 Å². The Balaban J connectivity index is 1.54. The molecule has 1 heterocycles. The van der Waals surface area contributed by atoms with Gasteiger partial charge in [0.05, 0.1) is 19.1 Å². The van der Waals surface area contributed by atoms with E-state index in [9.17, 15) is 14.4 Å². The number of hydrogen-bond donors (Lipinski definition) is 2. The van der Waals surface area contributed by atoms with Crippen molar-refractivity contribution in [3.8, 4) is 0 Å². The van der Waals surface area contributed by atoms with Crippen LogP contribution in [0.4, 0.5) is 11.4 Å². The molecule has 0 radical (unpaired) electrons. The molecule has 1 atom stereocenters. The van der Waals surface area contributed by atoms with Crippen molar-refractivity contribution in [1.82, 2.24) is 4.90 Å². The van der Waals surface area contributed by atoms with E-state index in [1.807, 2.05) is 42.5 Å². The molecular weight excluding hydrogens is 494 g/mol. The number of hydrogen-bond acceptors (Lipinski definition) is 6. The van der Waals surface area contributed by atoms with Crippen molar-refractivity contribution in [2.45, 2.75) is 65.3 Å². The maximum Gasteiger partial charge on any atom is 0.307 e. The van der Waals surface area contributed by atoms with Crippen LogP contribution in [-0.4, -0.2) is 42.9 Å². The molecule has 1 aliphatic carbocycles. The molecule has 2 amide bonds. The highest BCUT2D eigenvalue weighted by Gasteiger charge is 2.30. The highest BCUT2D eigenvalue weighted by atomic mass is 16.5. The summed E-state index contributed by atoms with van der Waals surface area (Å²) >= 11 is 0. The zero-order chi connectivity index (χ0) is 27.9. The number of anilines is 2. The Morgan fingerprint density at radius 2 is 1.74 bits per heavy atom. The molecule has 3 aromatic rings. The average Bonchev–Trinajstić information content (AvgIpc) is 3.26. The molecule has 208 valence electrons. The number of carbonyl (C=O) groups excluding carboxylic acids is 3. The molecule has 1 saturated carbocycles. The molecule has 4 rings (SSSR count). The van der Waals surface area contributed by atoms with Crippen molar-refractivity contribution < 1.29 is 23.5 Å². The number of fused-ring (bicyclic) bond motifs is 1. The summed E-state index contributed by atoms with van der Waals surface area (Å²) in [5.74, 6) is 0.777. The topological polar surface area (TPSA) is 101 Å². The van der Waals surface area contributed by atoms with E-state index >= 15 is 0 Å². The first-order chi connectivity index (χ1) is 18.8. The van der Waals surface area contributed by atoms with Gasteiger partial charge in [-0.25, -0.2) is 0 Å². The summed E-state index contributed by atoms with van der Waals surface area (Å²) in [5, 5.41) is 7.56. The van der Waals surface area contributed by atoms with E-state index in [0.717, 1.165) is 46.5 Å². The van der Waals surface area contributed by atoms with Gasteiger partial charge in [-0.05, 0) is 75.1 Å². The van der Waals surface area contributed by atoms with Crippen LogP contribution < -0.4 is 10.6 Å². The van der Waals surface area contributed by atoms with E-state index in [1.54, 1.807) is 14.0 Å². The summed E-state index contributed by atoms with van der Waals surface area (Å²) in [7, 11) is 1.69. The molecule has 0 aliphatic heterocycles. The zero-order valence-corrected chi connectivity index (χ0v) is 23.3. The van der Waals surface area contributed by atoms with E-state index in [4.69, 9.17) is 9.15 Å². The fraction of sp³-hybridized carbons (Fsp3) is 0.452. The smallest absolute Gasteiger partial charge is 0.307 e. The number of esters is 1. The lowest BCUT2D eigenvalue weighted by atomic mass is 9.82. The molecule has 2 aromatic carbocycles. The van der Waals surface area contributed by atoms with Crippen molar-refractivity contribution in [3.63, 3.8) is 0 Å². The van der Waals surface area contributed by atoms with Gasteiger partial charge in [0.15, 0.2) is 0 Å². The van der Waals surface area contributed by atoms with Gasteiger partial charge in [0, 0.05) is 48.4 Å². The Kier molecular flexibility index (Phi) is 9.28. The third-order valence-corrected chi connectivity index (χ3v) is 7.45. The highest BCUT2D eigenvalue weighted by Crippen LogP contribution is 2.41. The first-order valence-corrected chi connectivity index (χ1v) is 13.8. The lowest BCUT2D eigenvalue weighted by Crippen LogP contribution is -2.29. The second-order valence-corrected chi connectivity index (χ2v) is 10.4. The third-order valence-electron chi connectivity index (χ3n) is 7.45. The fourth-order valence-corrected chi connectivity index (χ4v) is 5.39. The summed E-state index contributed by atoms with van der Waals surface area (Å²) < 4.78 is 11.4. The summed E-state index contributed by atoms with van der Waals surface area (Å²) in [4.78, 5) is 37.6. The second-order valence-electron chi connectivity index (χ2n) is 10.4. The SMILES string of the molecule is CCOC(=O)CCN(C)C(=O)c1ccc(NC(c2oc3ccc(NC(C)=O)cc3c2C)C2CCCCC2)cc1. The van der Waals surface area contributed by atoms with Crippen LogP contribution in [0.15, 0.2) is 46.9 Å². The molecule has 0 saturated heterocycles. The Morgan fingerprint density at radius 1 is 1.05 bits per heavy atom. The van der Waals surface area contributed by atoms with Crippen molar-refractivity contribution in [2.75, 3.05) is 30.8 Å². The Hall–Kier alpha value is -3.81. The second kappa shape index (κ2) is 12.8. The predicted molar refractivity (Wildman–Crippen MR) is 153 cm³/mol. The number of furan rings is 1. The molecule has 0 bridgehead atoms. The molecule has 39 heavy (non-hydrogen) atoms. The van der Waals surface area contributed by atoms with Gasteiger partial charge in [0.25, 0.3) is 5.91 Å². The summed E-state index contributed by atoms with van der Waals surface area (Å²) in [6.07, 6.45) is 6.05. The Bertz CT molecular complexity index is 1310. The molecule has 8 nitrogen and oxygen atoms in total. The largest absolute Gasteiger partial charge is 0.466 e. The maximum absolute atomic E-state index is 12.9. The number of aryl methyl sites for hydroxylation is 1. The van der Waals surface area contributed by atoms with Gasteiger partial charge < -0.3 is 24.7 Å². The highest BCUT2D eigenvalue weighted by molar-refractivity contribution is 5.95. The molecule has 0 spiro atoms. The minimum atomic E-state index is -0.308. The van der Waals surface area contributed by atoms with Crippen molar-refractivity contribution in [2.24, 2.45) is 5.92 Å². The summed E-state index contributed by atoms with van der Waals surface area (Å²) in [6.45, 7) is 5.97. The minimum Gasteiger partial charge on any atom is -0.466 e. The fourth-order valence-electron chi connectivity index (χ4n) is 5.39. The van der Waals surface area contributed by atoms with Gasteiger partial charge in [-0.1, -0.05) is 19.3 Å². The average molecular weight is 534 g/mol. The molecule has 1 fully saturated rings. The molecule has 1 aromatic heterocycles. The van der Waals surface area contributed by atoms with Crippen LogP contribution in [0, 0.1) is 12.8 Å². The van der Waals surface area contributed by atoms with Gasteiger partial charge >= 0.3 is 5.97 Å². The number of amides is 2. The van der Waals surface area contributed by atoms with Crippen LogP contribution in [0.3, 0.4) is 0 Å². The van der Waals surface area contributed by atoms with Crippen molar-refractivity contribution in [3.05, 3.63) is 59.4 Å². The quantitative estimate of drug-likeness (QED) is 0.290. The van der Waals surface area contributed by atoms with E-state index in [0.29, 0.717) is 24.6 Å². The Labute approximate surface area is 230 Å².